The van der Waals surface area contributed by atoms with Crippen LogP contribution in [0.4, 0.5) is 24.5 Å². The van der Waals surface area contributed by atoms with Gasteiger partial charge in [0.05, 0.1) is 16.7 Å². The molecule has 0 aliphatic carbocycles. The first-order valence-electron chi connectivity index (χ1n) is 9.11. The average molecular weight is 457 g/mol. The summed E-state index contributed by atoms with van der Waals surface area (Å²) in [7, 11) is 0. The summed E-state index contributed by atoms with van der Waals surface area (Å²) in [5.74, 6) is -0.0544. The number of benzene rings is 2. The molecule has 9 heteroatoms. The van der Waals surface area contributed by atoms with Crippen molar-refractivity contribution in [2.45, 2.75) is 25.4 Å². The third-order valence-electron chi connectivity index (χ3n) is 4.72. The summed E-state index contributed by atoms with van der Waals surface area (Å²) in [5, 5.41) is 2.42. The monoisotopic (exact) mass is 456 g/mol. The molecule has 1 aliphatic rings. The molecule has 1 N–H and O–H groups in total. The smallest absolute Gasteiger partial charge is 0.326 e. The Hall–Kier alpha value is -2.19. The van der Waals surface area contributed by atoms with Gasteiger partial charge in [0, 0.05) is 17.3 Å². The lowest BCUT2D eigenvalue weighted by atomic mass is 9.95. The van der Waals surface area contributed by atoms with Crippen molar-refractivity contribution in [3.63, 3.8) is 0 Å². The zero-order valence-corrected chi connectivity index (χ0v) is 17.9. The highest BCUT2D eigenvalue weighted by Crippen LogP contribution is 2.43. The van der Waals surface area contributed by atoms with Crippen molar-refractivity contribution in [2.75, 3.05) is 21.8 Å². The number of nitrogens with one attached hydrogen (secondary N) is 1. The summed E-state index contributed by atoms with van der Waals surface area (Å²) in [5.41, 5.74) is 0.187. The quantitative estimate of drug-likeness (QED) is 0.588. The molecule has 2 aromatic carbocycles. The van der Waals surface area contributed by atoms with Crippen LogP contribution >= 0.6 is 23.4 Å². The van der Waals surface area contributed by atoms with Gasteiger partial charge in [-0.3, -0.25) is 14.5 Å². The highest BCUT2D eigenvalue weighted by Gasteiger charge is 2.36. The molecule has 0 bridgehead atoms. The van der Waals surface area contributed by atoms with Crippen LogP contribution in [0.15, 0.2) is 48.5 Å². The lowest BCUT2D eigenvalue weighted by Gasteiger charge is -2.25. The van der Waals surface area contributed by atoms with Gasteiger partial charge in [0.1, 0.15) is 5.37 Å². The number of carbonyl (C=O) groups excluding carboxylic acids is 2. The van der Waals surface area contributed by atoms with Crippen LogP contribution in [-0.2, 0) is 15.8 Å². The number of nitrogens with zero attached hydrogens (tertiary/aromatic N) is 1. The first kappa shape index (κ1) is 22.5. The lowest BCUT2D eigenvalue weighted by molar-refractivity contribution is -0.137. The maximum Gasteiger partial charge on any atom is 0.416 e. The summed E-state index contributed by atoms with van der Waals surface area (Å²) in [4.78, 5) is 26.3. The Morgan fingerprint density at radius 2 is 1.87 bits per heavy atom. The van der Waals surface area contributed by atoms with Gasteiger partial charge in [-0.25, -0.2) is 0 Å². The molecular formula is C21H20ClF3N2O2S. The van der Waals surface area contributed by atoms with Gasteiger partial charge in [0.15, 0.2) is 0 Å². The van der Waals surface area contributed by atoms with E-state index in [0.717, 1.165) is 17.7 Å². The van der Waals surface area contributed by atoms with E-state index in [4.69, 9.17) is 11.6 Å². The van der Waals surface area contributed by atoms with Crippen molar-refractivity contribution in [1.82, 2.24) is 0 Å². The van der Waals surface area contributed by atoms with Gasteiger partial charge >= 0.3 is 6.18 Å². The van der Waals surface area contributed by atoms with Crippen LogP contribution in [0, 0.1) is 5.41 Å². The first-order chi connectivity index (χ1) is 14.0. The molecule has 3 rings (SSSR count). The molecule has 0 saturated carbocycles. The molecule has 0 aromatic heterocycles. The summed E-state index contributed by atoms with van der Waals surface area (Å²) in [6.45, 7) is 3.47. The van der Waals surface area contributed by atoms with E-state index in [1.165, 1.54) is 28.8 Å². The summed E-state index contributed by atoms with van der Waals surface area (Å²) >= 11 is 7.23. The molecule has 1 heterocycles. The van der Waals surface area contributed by atoms with Crippen molar-refractivity contribution in [1.29, 1.82) is 0 Å². The average Bonchev–Trinajstić information content (AvgIpc) is 3.09. The van der Waals surface area contributed by atoms with Gasteiger partial charge in [0.2, 0.25) is 11.8 Å². The number of thioether (sulfide) groups is 1. The molecule has 1 saturated heterocycles. The van der Waals surface area contributed by atoms with E-state index >= 15 is 0 Å². The van der Waals surface area contributed by atoms with Gasteiger partial charge in [-0.05, 0) is 55.8 Å². The lowest BCUT2D eigenvalue weighted by Crippen LogP contribution is -2.32. The summed E-state index contributed by atoms with van der Waals surface area (Å²) < 4.78 is 38.5. The molecule has 0 spiro atoms. The topological polar surface area (TPSA) is 49.4 Å². The molecule has 0 unspecified atom stereocenters. The van der Waals surface area contributed by atoms with Gasteiger partial charge in [-0.2, -0.15) is 13.2 Å². The largest absolute Gasteiger partial charge is 0.416 e. The zero-order chi connectivity index (χ0) is 22.1. The highest BCUT2D eigenvalue weighted by molar-refractivity contribution is 8.00. The molecule has 1 aliphatic heterocycles. The standard InChI is InChI=1S/C21H20ClF3N2O2S/c1-20(2,12-22)19(29)26-15-5-3-4-13(10-15)18-27(17(28)11-30-18)16-8-6-14(7-9-16)21(23,24)25/h3-10,18H,11-12H2,1-2H3,(H,26,29)/t18-/m0/s1. The van der Waals surface area contributed by atoms with Gasteiger partial charge in [-0.15, -0.1) is 23.4 Å². The van der Waals surface area contributed by atoms with E-state index in [0.29, 0.717) is 11.4 Å². The number of hydrogen-bond donors (Lipinski definition) is 1. The molecule has 1 fully saturated rings. The van der Waals surface area contributed by atoms with Crippen LogP contribution in [-0.4, -0.2) is 23.4 Å². The van der Waals surface area contributed by atoms with E-state index in [1.807, 2.05) is 6.07 Å². The van der Waals surface area contributed by atoms with Crippen LogP contribution in [0.2, 0.25) is 0 Å². The van der Waals surface area contributed by atoms with Gasteiger partial charge in [-0.1, -0.05) is 12.1 Å². The number of halogens is 4. The van der Waals surface area contributed by atoms with Crippen molar-refractivity contribution in [2.24, 2.45) is 5.41 Å². The number of alkyl halides is 4. The third kappa shape index (κ3) is 4.75. The van der Waals surface area contributed by atoms with Gasteiger partial charge in [0.25, 0.3) is 0 Å². The Labute approximate surface area is 181 Å². The second-order valence-electron chi connectivity index (χ2n) is 7.57. The Morgan fingerprint density at radius 1 is 1.20 bits per heavy atom. The Balaban J connectivity index is 1.86. The van der Waals surface area contributed by atoms with E-state index < -0.39 is 22.5 Å². The maximum absolute atomic E-state index is 12.8. The van der Waals surface area contributed by atoms with E-state index in [2.05, 4.69) is 5.32 Å². The molecule has 160 valence electrons. The second kappa shape index (κ2) is 8.51. The number of carbonyl (C=O) groups is 2. The van der Waals surface area contributed by atoms with Crippen LogP contribution < -0.4 is 10.2 Å². The third-order valence-corrected chi connectivity index (χ3v) is 6.60. The molecular weight excluding hydrogens is 437 g/mol. The van der Waals surface area contributed by atoms with Crippen LogP contribution in [0.25, 0.3) is 0 Å². The Bertz CT molecular complexity index is 948. The Kier molecular flexibility index (Phi) is 6.38. The van der Waals surface area contributed by atoms with Crippen molar-refractivity contribution in [3.05, 3.63) is 59.7 Å². The van der Waals surface area contributed by atoms with E-state index in [9.17, 15) is 22.8 Å². The molecule has 30 heavy (non-hydrogen) atoms. The normalized spacial score (nSPS) is 17.3. The molecule has 1 atom stereocenters. The number of hydrogen-bond acceptors (Lipinski definition) is 3. The minimum atomic E-state index is -4.44. The first-order valence-corrected chi connectivity index (χ1v) is 10.7. The van der Waals surface area contributed by atoms with Crippen LogP contribution in [0.5, 0.6) is 0 Å². The van der Waals surface area contributed by atoms with Gasteiger partial charge < -0.3 is 5.32 Å². The Morgan fingerprint density at radius 3 is 2.47 bits per heavy atom. The predicted octanol–water partition coefficient (Wildman–Crippen LogP) is 5.69. The summed E-state index contributed by atoms with van der Waals surface area (Å²) in [6, 6.07) is 11.6. The van der Waals surface area contributed by atoms with E-state index in [-0.39, 0.29) is 23.4 Å². The fourth-order valence-corrected chi connectivity index (χ4v) is 4.18. The highest BCUT2D eigenvalue weighted by atomic mass is 35.5. The fraction of sp³-hybridized carbons (Fsp3) is 0.333. The number of amides is 2. The zero-order valence-electron chi connectivity index (χ0n) is 16.3. The maximum atomic E-state index is 12.8. The fourth-order valence-electron chi connectivity index (χ4n) is 2.89. The molecule has 4 nitrogen and oxygen atoms in total. The predicted molar refractivity (Wildman–Crippen MR) is 114 cm³/mol. The molecule has 2 aromatic rings. The van der Waals surface area contributed by atoms with E-state index in [1.54, 1.807) is 32.0 Å². The van der Waals surface area contributed by atoms with Crippen molar-refractivity contribution < 1.29 is 22.8 Å². The minimum absolute atomic E-state index is 0.160. The number of rotatable bonds is 5. The second-order valence-corrected chi connectivity index (χ2v) is 8.90. The van der Waals surface area contributed by atoms with Crippen molar-refractivity contribution >= 4 is 46.6 Å². The number of anilines is 2. The SMILES string of the molecule is CC(C)(CCl)C(=O)Nc1cccc([C@@H]2SCC(=O)N2c2ccc(C(F)(F)F)cc2)c1. The molecule has 2 amide bonds. The van der Waals surface area contributed by atoms with Crippen LogP contribution in [0.1, 0.15) is 30.3 Å². The van der Waals surface area contributed by atoms with Crippen LogP contribution in [0.3, 0.4) is 0 Å². The molecule has 0 radical (unpaired) electrons. The minimum Gasteiger partial charge on any atom is -0.326 e. The summed E-state index contributed by atoms with van der Waals surface area (Å²) in [6.07, 6.45) is -4.44. The van der Waals surface area contributed by atoms with Crippen molar-refractivity contribution in [3.8, 4) is 0 Å².